The van der Waals surface area contributed by atoms with Gasteiger partial charge in [-0.2, -0.15) is 5.26 Å². The summed E-state index contributed by atoms with van der Waals surface area (Å²) in [5, 5.41) is 15.2. The molecule has 0 amide bonds. The van der Waals surface area contributed by atoms with E-state index in [-0.39, 0.29) is 0 Å². The van der Waals surface area contributed by atoms with E-state index in [1.165, 1.54) is 0 Å². The number of benzene rings is 1. The Bertz CT molecular complexity index is 632. The fraction of sp³-hybridized carbons (Fsp3) is 0.214. The Morgan fingerprint density at radius 3 is 2.80 bits per heavy atom. The van der Waals surface area contributed by atoms with Gasteiger partial charge in [-0.1, -0.05) is 6.07 Å². The van der Waals surface area contributed by atoms with Crippen molar-refractivity contribution in [3.05, 3.63) is 41.7 Å². The highest BCUT2D eigenvalue weighted by molar-refractivity contribution is 5.60. The lowest BCUT2D eigenvalue weighted by Crippen LogP contribution is -2.14. The quantitative estimate of drug-likeness (QED) is 0.764. The summed E-state index contributed by atoms with van der Waals surface area (Å²) in [6, 6.07) is 11.1. The zero-order valence-electron chi connectivity index (χ0n) is 11.2. The molecule has 1 heterocycles. The number of hydrogen-bond acceptors (Lipinski definition) is 6. The third-order valence-electron chi connectivity index (χ3n) is 2.55. The summed E-state index contributed by atoms with van der Waals surface area (Å²) < 4.78 is 0. The summed E-state index contributed by atoms with van der Waals surface area (Å²) in [5.41, 5.74) is 6.87. The molecular formula is C14H16N6. The van der Waals surface area contributed by atoms with Crippen LogP contribution in [0.2, 0.25) is 0 Å². The Morgan fingerprint density at radius 2 is 2.05 bits per heavy atom. The van der Waals surface area contributed by atoms with Gasteiger partial charge in [-0.25, -0.2) is 9.97 Å². The molecule has 0 atom stereocenters. The first-order chi connectivity index (χ1) is 9.71. The van der Waals surface area contributed by atoms with Crippen LogP contribution < -0.4 is 16.4 Å². The molecule has 0 bridgehead atoms. The predicted molar refractivity (Wildman–Crippen MR) is 78.8 cm³/mol. The van der Waals surface area contributed by atoms with Crippen molar-refractivity contribution >= 4 is 17.3 Å². The van der Waals surface area contributed by atoms with Gasteiger partial charge < -0.3 is 16.4 Å². The topological polar surface area (TPSA) is 99.6 Å². The Labute approximate surface area is 117 Å². The van der Waals surface area contributed by atoms with E-state index in [9.17, 15) is 0 Å². The maximum atomic E-state index is 8.89. The minimum Gasteiger partial charge on any atom is -0.369 e. The molecule has 20 heavy (non-hydrogen) atoms. The van der Waals surface area contributed by atoms with Crippen LogP contribution >= 0.6 is 0 Å². The summed E-state index contributed by atoms with van der Waals surface area (Å²) in [6.07, 6.45) is 0. The predicted octanol–water partition coefficient (Wildman–Crippen LogP) is 1.77. The van der Waals surface area contributed by atoms with Crippen LogP contribution in [0.5, 0.6) is 0 Å². The van der Waals surface area contributed by atoms with Crippen molar-refractivity contribution < 1.29 is 0 Å². The van der Waals surface area contributed by atoms with Gasteiger partial charge in [0.05, 0.1) is 11.6 Å². The van der Waals surface area contributed by atoms with Gasteiger partial charge in [0.15, 0.2) is 0 Å². The highest BCUT2D eigenvalue weighted by Gasteiger charge is 2.02. The standard InChI is InChI=1S/C14H16N6/c1-10-18-13(17-6-5-15)8-14(19-10)20-12-4-2-3-11(7-12)9-16/h2-4,7-8H,5-6,15H2,1H3,(H2,17,18,19,20). The van der Waals surface area contributed by atoms with Crippen LogP contribution in [0, 0.1) is 18.3 Å². The number of aryl methyl sites for hydroxylation is 1. The molecule has 6 heteroatoms. The summed E-state index contributed by atoms with van der Waals surface area (Å²) in [4.78, 5) is 8.59. The number of nitriles is 1. The van der Waals surface area contributed by atoms with E-state index in [4.69, 9.17) is 11.0 Å². The van der Waals surface area contributed by atoms with Gasteiger partial charge in [-0.05, 0) is 25.1 Å². The zero-order chi connectivity index (χ0) is 14.4. The molecule has 0 aliphatic heterocycles. The molecular weight excluding hydrogens is 252 g/mol. The highest BCUT2D eigenvalue weighted by atomic mass is 15.1. The van der Waals surface area contributed by atoms with Gasteiger partial charge in [-0.15, -0.1) is 0 Å². The molecule has 4 N–H and O–H groups in total. The van der Waals surface area contributed by atoms with Gasteiger partial charge in [0.25, 0.3) is 0 Å². The summed E-state index contributed by atoms with van der Waals surface area (Å²) in [7, 11) is 0. The number of nitrogens with two attached hydrogens (primary N) is 1. The van der Waals surface area contributed by atoms with Gasteiger partial charge in [0, 0.05) is 24.8 Å². The molecule has 0 fully saturated rings. The average molecular weight is 268 g/mol. The molecule has 0 aliphatic carbocycles. The third kappa shape index (κ3) is 3.67. The first-order valence-electron chi connectivity index (χ1n) is 6.28. The maximum Gasteiger partial charge on any atom is 0.136 e. The van der Waals surface area contributed by atoms with E-state index in [1.54, 1.807) is 12.1 Å². The molecule has 1 aromatic carbocycles. The first-order valence-corrected chi connectivity index (χ1v) is 6.28. The first kappa shape index (κ1) is 13.8. The van der Waals surface area contributed by atoms with Crippen LogP contribution in [-0.4, -0.2) is 23.1 Å². The normalized spacial score (nSPS) is 9.85. The number of nitrogens with zero attached hydrogens (tertiary/aromatic N) is 3. The van der Waals surface area contributed by atoms with Crippen LogP contribution in [0.15, 0.2) is 30.3 Å². The lowest BCUT2D eigenvalue weighted by molar-refractivity contribution is 0.987. The second-order valence-electron chi connectivity index (χ2n) is 4.22. The summed E-state index contributed by atoms with van der Waals surface area (Å²) in [6.45, 7) is 3.01. The molecule has 0 unspecified atom stereocenters. The molecule has 6 nitrogen and oxygen atoms in total. The minimum absolute atomic E-state index is 0.538. The molecule has 0 saturated heterocycles. The van der Waals surface area contributed by atoms with E-state index >= 15 is 0 Å². The smallest absolute Gasteiger partial charge is 0.136 e. The van der Waals surface area contributed by atoms with Crippen molar-refractivity contribution in [2.24, 2.45) is 5.73 Å². The van der Waals surface area contributed by atoms with Crippen molar-refractivity contribution in [2.75, 3.05) is 23.7 Å². The molecule has 0 saturated carbocycles. The molecule has 0 radical (unpaired) electrons. The SMILES string of the molecule is Cc1nc(NCCN)cc(Nc2cccc(C#N)c2)n1. The van der Waals surface area contributed by atoms with Gasteiger partial charge in [0.1, 0.15) is 17.5 Å². The van der Waals surface area contributed by atoms with Crippen molar-refractivity contribution in [3.63, 3.8) is 0 Å². The Kier molecular flexibility index (Phi) is 4.47. The van der Waals surface area contributed by atoms with Crippen LogP contribution in [-0.2, 0) is 0 Å². The van der Waals surface area contributed by atoms with Gasteiger partial charge in [0.2, 0.25) is 0 Å². The van der Waals surface area contributed by atoms with E-state index in [0.717, 1.165) is 11.5 Å². The molecule has 102 valence electrons. The van der Waals surface area contributed by atoms with Crippen LogP contribution in [0.4, 0.5) is 17.3 Å². The van der Waals surface area contributed by atoms with E-state index in [0.29, 0.717) is 30.3 Å². The monoisotopic (exact) mass is 268 g/mol. The second-order valence-corrected chi connectivity index (χ2v) is 4.22. The van der Waals surface area contributed by atoms with Crippen molar-refractivity contribution in [1.82, 2.24) is 9.97 Å². The third-order valence-corrected chi connectivity index (χ3v) is 2.55. The fourth-order valence-corrected chi connectivity index (χ4v) is 1.74. The number of hydrogen-bond donors (Lipinski definition) is 3. The Hall–Kier alpha value is -2.65. The number of anilines is 3. The van der Waals surface area contributed by atoms with Crippen molar-refractivity contribution in [2.45, 2.75) is 6.92 Å². The Balaban J connectivity index is 2.20. The van der Waals surface area contributed by atoms with Gasteiger partial charge >= 0.3 is 0 Å². The van der Waals surface area contributed by atoms with E-state index in [1.807, 2.05) is 25.1 Å². The zero-order valence-corrected chi connectivity index (χ0v) is 11.2. The minimum atomic E-state index is 0.538. The largest absolute Gasteiger partial charge is 0.369 e. The molecule has 1 aromatic heterocycles. The second kappa shape index (κ2) is 6.50. The van der Waals surface area contributed by atoms with E-state index < -0.39 is 0 Å². The van der Waals surface area contributed by atoms with Crippen LogP contribution in [0.25, 0.3) is 0 Å². The molecule has 0 spiro atoms. The lowest BCUT2D eigenvalue weighted by Gasteiger charge is -2.09. The Morgan fingerprint density at radius 1 is 1.25 bits per heavy atom. The number of nitrogens with one attached hydrogen (secondary N) is 2. The van der Waals surface area contributed by atoms with Gasteiger partial charge in [-0.3, -0.25) is 0 Å². The molecule has 2 aromatic rings. The number of aromatic nitrogens is 2. The summed E-state index contributed by atoms with van der Waals surface area (Å²) in [5.74, 6) is 2.06. The molecule has 2 rings (SSSR count). The summed E-state index contributed by atoms with van der Waals surface area (Å²) >= 11 is 0. The lowest BCUT2D eigenvalue weighted by atomic mass is 10.2. The fourth-order valence-electron chi connectivity index (χ4n) is 1.74. The average Bonchev–Trinajstić information content (AvgIpc) is 2.44. The van der Waals surface area contributed by atoms with Crippen molar-refractivity contribution in [1.29, 1.82) is 5.26 Å². The van der Waals surface area contributed by atoms with Crippen LogP contribution in [0.3, 0.4) is 0 Å². The number of rotatable bonds is 5. The van der Waals surface area contributed by atoms with E-state index in [2.05, 4.69) is 26.7 Å². The highest BCUT2D eigenvalue weighted by Crippen LogP contribution is 2.18. The maximum absolute atomic E-state index is 8.89. The van der Waals surface area contributed by atoms with Crippen LogP contribution in [0.1, 0.15) is 11.4 Å². The van der Waals surface area contributed by atoms with Crippen molar-refractivity contribution in [3.8, 4) is 6.07 Å². The molecule has 0 aliphatic rings.